The summed E-state index contributed by atoms with van der Waals surface area (Å²) in [5, 5.41) is 4.13. The minimum atomic E-state index is -0.775. The van der Waals surface area contributed by atoms with E-state index in [9.17, 15) is 8.78 Å². The lowest BCUT2D eigenvalue weighted by Gasteiger charge is -2.08. The Balaban J connectivity index is 2.68. The number of nitrogen functional groups attached to an aromatic ring is 1. The molecule has 0 amide bonds. The van der Waals surface area contributed by atoms with E-state index in [1.165, 1.54) is 4.68 Å². The minimum Gasteiger partial charge on any atom is -0.395 e. The molecule has 2 aromatic rings. The first-order valence-electron chi connectivity index (χ1n) is 4.77. The number of benzene rings is 1. The number of nitrogens with two attached hydrogens (primary N) is 1. The standard InChI is InChI=1S/C11H11F2N3/c1-6-3-7(2)16(15-6)10-5-8(12)4-9(13)11(10)14/h3-5H,14H2,1-2H3. The van der Waals surface area contributed by atoms with Crippen molar-refractivity contribution in [1.29, 1.82) is 0 Å². The van der Waals surface area contributed by atoms with E-state index in [2.05, 4.69) is 5.10 Å². The van der Waals surface area contributed by atoms with Gasteiger partial charge in [0.15, 0.2) is 5.82 Å². The van der Waals surface area contributed by atoms with Gasteiger partial charge in [-0.15, -0.1) is 0 Å². The number of hydrogen-bond acceptors (Lipinski definition) is 2. The Morgan fingerprint density at radius 2 is 1.88 bits per heavy atom. The largest absolute Gasteiger partial charge is 0.395 e. The van der Waals surface area contributed by atoms with Gasteiger partial charge in [0.2, 0.25) is 0 Å². The van der Waals surface area contributed by atoms with E-state index < -0.39 is 11.6 Å². The van der Waals surface area contributed by atoms with Gasteiger partial charge in [0.25, 0.3) is 0 Å². The van der Waals surface area contributed by atoms with E-state index in [0.29, 0.717) is 0 Å². The number of aryl methyl sites for hydroxylation is 2. The fraction of sp³-hybridized carbons (Fsp3) is 0.182. The third-order valence-electron chi connectivity index (χ3n) is 2.31. The number of anilines is 1. The molecule has 1 heterocycles. The lowest BCUT2D eigenvalue weighted by Crippen LogP contribution is -2.06. The molecule has 0 spiro atoms. The molecule has 0 saturated carbocycles. The summed E-state index contributed by atoms with van der Waals surface area (Å²) in [6, 6.07) is 3.73. The Kier molecular flexibility index (Phi) is 2.38. The molecule has 0 unspecified atom stereocenters. The van der Waals surface area contributed by atoms with Crippen LogP contribution in [-0.4, -0.2) is 9.78 Å². The zero-order chi connectivity index (χ0) is 11.9. The van der Waals surface area contributed by atoms with Gasteiger partial charge >= 0.3 is 0 Å². The van der Waals surface area contributed by atoms with Gasteiger partial charge in [-0.05, 0) is 19.9 Å². The van der Waals surface area contributed by atoms with Crippen molar-refractivity contribution in [2.24, 2.45) is 0 Å². The highest BCUT2D eigenvalue weighted by Crippen LogP contribution is 2.23. The van der Waals surface area contributed by atoms with Crippen LogP contribution in [0.25, 0.3) is 5.69 Å². The first-order valence-corrected chi connectivity index (χ1v) is 4.77. The van der Waals surface area contributed by atoms with E-state index >= 15 is 0 Å². The van der Waals surface area contributed by atoms with Crippen molar-refractivity contribution in [3.8, 4) is 5.69 Å². The molecule has 0 aliphatic heterocycles. The number of hydrogen-bond donors (Lipinski definition) is 1. The maximum absolute atomic E-state index is 13.3. The maximum Gasteiger partial charge on any atom is 0.151 e. The second-order valence-corrected chi connectivity index (χ2v) is 3.66. The number of nitrogens with zero attached hydrogens (tertiary/aromatic N) is 2. The molecule has 0 radical (unpaired) electrons. The average molecular weight is 223 g/mol. The fourth-order valence-electron chi connectivity index (χ4n) is 1.62. The zero-order valence-electron chi connectivity index (χ0n) is 8.96. The third kappa shape index (κ3) is 1.64. The van der Waals surface area contributed by atoms with Gasteiger partial charge < -0.3 is 5.73 Å². The first-order chi connectivity index (χ1) is 7.49. The normalized spacial score (nSPS) is 10.8. The summed E-state index contributed by atoms with van der Waals surface area (Å²) in [7, 11) is 0. The predicted molar refractivity (Wildman–Crippen MR) is 57.4 cm³/mol. The van der Waals surface area contributed by atoms with Crippen molar-refractivity contribution >= 4 is 5.69 Å². The van der Waals surface area contributed by atoms with Gasteiger partial charge in [-0.3, -0.25) is 0 Å². The lowest BCUT2D eigenvalue weighted by atomic mass is 10.2. The highest BCUT2D eigenvalue weighted by atomic mass is 19.1. The highest BCUT2D eigenvalue weighted by Gasteiger charge is 2.12. The summed E-state index contributed by atoms with van der Waals surface area (Å²) in [6.45, 7) is 3.59. The molecule has 0 aliphatic rings. The van der Waals surface area contributed by atoms with Crippen molar-refractivity contribution in [2.75, 3.05) is 5.73 Å². The zero-order valence-corrected chi connectivity index (χ0v) is 8.96. The van der Waals surface area contributed by atoms with Crippen molar-refractivity contribution < 1.29 is 8.78 Å². The molecular weight excluding hydrogens is 212 g/mol. The minimum absolute atomic E-state index is 0.104. The molecule has 84 valence electrons. The predicted octanol–water partition coefficient (Wildman–Crippen LogP) is 2.35. The van der Waals surface area contributed by atoms with Crippen LogP contribution in [-0.2, 0) is 0 Å². The molecular formula is C11H11F2N3. The van der Waals surface area contributed by atoms with Crippen LogP contribution < -0.4 is 5.73 Å². The molecule has 1 aromatic heterocycles. The van der Waals surface area contributed by atoms with Gasteiger partial charge in [0.05, 0.1) is 17.1 Å². The third-order valence-corrected chi connectivity index (χ3v) is 2.31. The smallest absolute Gasteiger partial charge is 0.151 e. The summed E-state index contributed by atoms with van der Waals surface area (Å²) < 4.78 is 27.8. The van der Waals surface area contributed by atoms with Gasteiger partial charge in [0, 0.05) is 17.8 Å². The van der Waals surface area contributed by atoms with Crippen molar-refractivity contribution in [1.82, 2.24) is 9.78 Å². The van der Waals surface area contributed by atoms with Crippen LogP contribution in [0.1, 0.15) is 11.4 Å². The average Bonchev–Trinajstić information content (AvgIpc) is 2.51. The highest BCUT2D eigenvalue weighted by molar-refractivity contribution is 5.58. The summed E-state index contributed by atoms with van der Waals surface area (Å²) in [5.41, 5.74) is 7.22. The van der Waals surface area contributed by atoms with Gasteiger partial charge in [-0.2, -0.15) is 5.10 Å². The van der Waals surface area contributed by atoms with Crippen LogP contribution in [0.2, 0.25) is 0 Å². The second kappa shape index (κ2) is 3.59. The Labute approximate surface area is 91.5 Å². The summed E-state index contributed by atoms with van der Waals surface area (Å²) in [4.78, 5) is 0. The van der Waals surface area contributed by atoms with Gasteiger partial charge in [-0.25, -0.2) is 13.5 Å². The quantitative estimate of drug-likeness (QED) is 0.754. The molecule has 2 rings (SSSR count). The van der Waals surface area contributed by atoms with Crippen LogP contribution in [0.3, 0.4) is 0 Å². The topological polar surface area (TPSA) is 43.8 Å². The van der Waals surface area contributed by atoms with E-state index in [0.717, 1.165) is 23.5 Å². The summed E-state index contributed by atoms with van der Waals surface area (Å²) in [6.07, 6.45) is 0. The van der Waals surface area contributed by atoms with E-state index in [1.54, 1.807) is 13.8 Å². The van der Waals surface area contributed by atoms with E-state index in [1.807, 2.05) is 6.07 Å². The van der Waals surface area contributed by atoms with Gasteiger partial charge in [-0.1, -0.05) is 0 Å². The SMILES string of the molecule is Cc1cc(C)n(-c2cc(F)cc(F)c2N)n1. The number of aromatic nitrogens is 2. The van der Waals surface area contributed by atoms with Crippen LogP contribution in [0, 0.1) is 25.5 Å². The number of rotatable bonds is 1. The molecule has 0 aliphatic carbocycles. The number of halogens is 2. The van der Waals surface area contributed by atoms with Crippen molar-refractivity contribution in [2.45, 2.75) is 13.8 Å². The van der Waals surface area contributed by atoms with Crippen molar-refractivity contribution in [3.05, 3.63) is 41.2 Å². The Morgan fingerprint density at radius 3 is 2.44 bits per heavy atom. The van der Waals surface area contributed by atoms with Crippen LogP contribution >= 0.6 is 0 Å². The molecule has 0 fully saturated rings. The molecule has 0 atom stereocenters. The van der Waals surface area contributed by atoms with Crippen LogP contribution in [0.4, 0.5) is 14.5 Å². The molecule has 1 aromatic carbocycles. The Morgan fingerprint density at radius 1 is 1.19 bits per heavy atom. The monoisotopic (exact) mass is 223 g/mol. The first kappa shape index (κ1) is 10.6. The molecule has 0 bridgehead atoms. The van der Waals surface area contributed by atoms with E-state index in [4.69, 9.17) is 5.73 Å². The van der Waals surface area contributed by atoms with Crippen LogP contribution in [0.15, 0.2) is 18.2 Å². The maximum atomic E-state index is 13.3. The van der Waals surface area contributed by atoms with E-state index in [-0.39, 0.29) is 11.4 Å². The summed E-state index contributed by atoms with van der Waals surface area (Å²) >= 11 is 0. The second-order valence-electron chi connectivity index (χ2n) is 3.66. The molecule has 3 nitrogen and oxygen atoms in total. The fourth-order valence-corrected chi connectivity index (χ4v) is 1.62. The van der Waals surface area contributed by atoms with Crippen molar-refractivity contribution in [3.63, 3.8) is 0 Å². The summed E-state index contributed by atoms with van der Waals surface area (Å²) in [5.74, 6) is -1.45. The molecule has 2 N–H and O–H groups in total. The Bertz CT molecular complexity index is 546. The van der Waals surface area contributed by atoms with Crippen LogP contribution in [0.5, 0.6) is 0 Å². The Hall–Kier alpha value is -1.91. The molecule has 16 heavy (non-hydrogen) atoms. The molecule has 5 heteroatoms. The van der Waals surface area contributed by atoms with Gasteiger partial charge in [0.1, 0.15) is 5.82 Å². The lowest BCUT2D eigenvalue weighted by molar-refractivity contribution is 0.583. The molecule has 0 saturated heterocycles.